The van der Waals surface area contributed by atoms with Gasteiger partial charge in [-0.25, -0.2) is 4.98 Å². The summed E-state index contributed by atoms with van der Waals surface area (Å²) in [7, 11) is 0. The number of thiocarbonyl (C=S) groups is 1. The Morgan fingerprint density at radius 3 is 2.83 bits per heavy atom. The van der Waals surface area contributed by atoms with E-state index in [0.717, 1.165) is 17.3 Å². The van der Waals surface area contributed by atoms with E-state index < -0.39 is 0 Å². The van der Waals surface area contributed by atoms with Crippen molar-refractivity contribution in [3.63, 3.8) is 0 Å². The molecule has 1 aliphatic rings. The largest absolute Gasteiger partial charge is 0.389 e. The van der Waals surface area contributed by atoms with E-state index in [4.69, 9.17) is 18.0 Å². The van der Waals surface area contributed by atoms with Crippen LogP contribution in [0.4, 0.5) is 5.82 Å². The Balaban J connectivity index is 2.06. The Labute approximate surface area is 114 Å². The number of hydrogen-bond acceptors (Lipinski definition) is 3. The van der Waals surface area contributed by atoms with Crippen LogP contribution < -0.4 is 11.1 Å². The third-order valence-electron chi connectivity index (χ3n) is 3.79. The average Bonchev–Trinajstić information content (AvgIpc) is 2.40. The fourth-order valence-electron chi connectivity index (χ4n) is 2.69. The van der Waals surface area contributed by atoms with Crippen molar-refractivity contribution in [3.05, 3.63) is 23.9 Å². The van der Waals surface area contributed by atoms with E-state index in [9.17, 15) is 0 Å². The summed E-state index contributed by atoms with van der Waals surface area (Å²) in [6.45, 7) is 2.23. The fraction of sp³-hybridized carbons (Fsp3) is 0.571. The third kappa shape index (κ3) is 3.19. The fourth-order valence-corrected chi connectivity index (χ4v) is 2.85. The first-order chi connectivity index (χ1) is 8.68. The molecule has 0 aliphatic heterocycles. The summed E-state index contributed by atoms with van der Waals surface area (Å²) in [6.07, 6.45) is 8.47. The molecule has 1 aromatic rings. The van der Waals surface area contributed by atoms with Gasteiger partial charge in [0.05, 0.1) is 5.56 Å². The molecule has 0 amide bonds. The Morgan fingerprint density at radius 2 is 2.17 bits per heavy atom. The molecule has 1 aliphatic carbocycles. The normalized spacial score (nSPS) is 18.3. The molecule has 1 atom stereocenters. The molecule has 3 nitrogen and oxygen atoms in total. The van der Waals surface area contributed by atoms with E-state index in [-0.39, 0.29) is 0 Å². The van der Waals surface area contributed by atoms with Gasteiger partial charge in [-0.2, -0.15) is 0 Å². The molecule has 1 saturated carbocycles. The molecule has 0 aromatic carbocycles. The smallest absolute Gasteiger partial charge is 0.136 e. The van der Waals surface area contributed by atoms with Gasteiger partial charge in [-0.05, 0) is 37.8 Å². The molecule has 98 valence electrons. The second kappa shape index (κ2) is 6.14. The van der Waals surface area contributed by atoms with Gasteiger partial charge in [0.2, 0.25) is 0 Å². The Bertz CT molecular complexity index is 413. The van der Waals surface area contributed by atoms with Crippen LogP contribution in [0.5, 0.6) is 0 Å². The van der Waals surface area contributed by atoms with Crippen molar-refractivity contribution in [2.45, 2.75) is 45.1 Å². The van der Waals surface area contributed by atoms with E-state index in [1.165, 1.54) is 32.1 Å². The summed E-state index contributed by atoms with van der Waals surface area (Å²) < 4.78 is 0. The molecule has 1 fully saturated rings. The molecule has 1 heterocycles. The molecule has 0 bridgehead atoms. The number of nitrogens with one attached hydrogen (secondary N) is 1. The predicted molar refractivity (Wildman–Crippen MR) is 79.8 cm³/mol. The number of hydrogen-bond donors (Lipinski definition) is 2. The van der Waals surface area contributed by atoms with Crippen molar-refractivity contribution >= 4 is 23.0 Å². The van der Waals surface area contributed by atoms with Gasteiger partial charge in [-0.3, -0.25) is 0 Å². The lowest BCUT2D eigenvalue weighted by atomic mass is 9.84. The minimum atomic E-state index is 0.404. The topological polar surface area (TPSA) is 50.9 Å². The predicted octanol–water partition coefficient (Wildman–Crippen LogP) is 3.10. The summed E-state index contributed by atoms with van der Waals surface area (Å²) in [6, 6.07) is 4.21. The number of nitrogens with two attached hydrogens (primary N) is 1. The van der Waals surface area contributed by atoms with Gasteiger partial charge < -0.3 is 11.1 Å². The number of pyridine rings is 1. The molecular weight excluding hydrogens is 242 g/mol. The molecule has 1 aromatic heterocycles. The van der Waals surface area contributed by atoms with Crippen LogP contribution in [0.15, 0.2) is 18.3 Å². The van der Waals surface area contributed by atoms with Crippen LogP contribution in [0.1, 0.15) is 44.6 Å². The Kier molecular flexibility index (Phi) is 4.53. The van der Waals surface area contributed by atoms with Crippen molar-refractivity contribution in [2.24, 2.45) is 11.7 Å². The highest BCUT2D eigenvalue weighted by Gasteiger charge is 2.21. The highest BCUT2D eigenvalue weighted by molar-refractivity contribution is 7.80. The van der Waals surface area contributed by atoms with Crippen molar-refractivity contribution in [1.29, 1.82) is 0 Å². The first-order valence-corrected chi connectivity index (χ1v) is 7.10. The van der Waals surface area contributed by atoms with Gasteiger partial charge in [-0.1, -0.05) is 31.5 Å². The zero-order valence-corrected chi connectivity index (χ0v) is 11.7. The van der Waals surface area contributed by atoms with Gasteiger partial charge in [0.25, 0.3) is 0 Å². The monoisotopic (exact) mass is 263 g/mol. The highest BCUT2D eigenvalue weighted by Crippen LogP contribution is 2.28. The third-order valence-corrected chi connectivity index (χ3v) is 4.01. The quantitative estimate of drug-likeness (QED) is 0.820. The Hall–Kier alpha value is -1.16. The molecule has 0 radical (unpaired) electrons. The zero-order valence-electron chi connectivity index (χ0n) is 10.9. The van der Waals surface area contributed by atoms with Crippen LogP contribution >= 0.6 is 12.2 Å². The van der Waals surface area contributed by atoms with Gasteiger partial charge in [0.15, 0.2) is 0 Å². The van der Waals surface area contributed by atoms with Crippen molar-refractivity contribution in [3.8, 4) is 0 Å². The summed E-state index contributed by atoms with van der Waals surface area (Å²) in [5, 5.41) is 3.48. The van der Waals surface area contributed by atoms with Gasteiger partial charge in [0.1, 0.15) is 10.8 Å². The number of nitrogens with zero attached hydrogens (tertiary/aromatic N) is 1. The standard InChI is InChI=1S/C14H21N3S/c1-10(11-6-3-2-4-7-11)17-14-12(13(15)18)8-5-9-16-14/h5,8-11H,2-4,6-7H2,1H3,(H2,15,18)(H,16,17). The maximum absolute atomic E-state index is 5.72. The summed E-state index contributed by atoms with van der Waals surface area (Å²) in [5.41, 5.74) is 6.56. The summed E-state index contributed by atoms with van der Waals surface area (Å²) in [4.78, 5) is 4.76. The van der Waals surface area contributed by atoms with Crippen LogP contribution in [-0.2, 0) is 0 Å². The van der Waals surface area contributed by atoms with Crippen molar-refractivity contribution in [1.82, 2.24) is 4.98 Å². The zero-order chi connectivity index (χ0) is 13.0. The summed E-state index contributed by atoms with van der Waals surface area (Å²) in [5.74, 6) is 1.56. The van der Waals surface area contributed by atoms with Crippen molar-refractivity contribution in [2.75, 3.05) is 5.32 Å². The second-order valence-electron chi connectivity index (χ2n) is 5.09. The van der Waals surface area contributed by atoms with Crippen LogP contribution in [0.3, 0.4) is 0 Å². The molecule has 0 saturated heterocycles. The number of aromatic nitrogens is 1. The molecule has 1 unspecified atom stereocenters. The Morgan fingerprint density at radius 1 is 1.44 bits per heavy atom. The highest BCUT2D eigenvalue weighted by atomic mass is 32.1. The van der Waals surface area contributed by atoms with E-state index in [2.05, 4.69) is 17.2 Å². The van der Waals surface area contributed by atoms with E-state index >= 15 is 0 Å². The lowest BCUT2D eigenvalue weighted by molar-refractivity contribution is 0.328. The van der Waals surface area contributed by atoms with Crippen molar-refractivity contribution < 1.29 is 0 Å². The number of anilines is 1. The van der Waals surface area contributed by atoms with Crippen LogP contribution in [0, 0.1) is 5.92 Å². The minimum Gasteiger partial charge on any atom is -0.389 e. The van der Waals surface area contributed by atoms with E-state index in [0.29, 0.717) is 11.0 Å². The first-order valence-electron chi connectivity index (χ1n) is 6.70. The SMILES string of the molecule is CC(Nc1ncccc1C(N)=S)C1CCCCC1. The maximum atomic E-state index is 5.72. The van der Waals surface area contributed by atoms with E-state index in [1.54, 1.807) is 6.20 Å². The molecular formula is C14H21N3S. The number of rotatable bonds is 4. The average molecular weight is 263 g/mol. The van der Waals surface area contributed by atoms with Gasteiger partial charge in [0, 0.05) is 12.2 Å². The summed E-state index contributed by atoms with van der Waals surface area (Å²) >= 11 is 5.06. The van der Waals surface area contributed by atoms with E-state index in [1.807, 2.05) is 12.1 Å². The second-order valence-corrected chi connectivity index (χ2v) is 5.53. The first kappa shape index (κ1) is 13.3. The van der Waals surface area contributed by atoms with Crippen LogP contribution in [0.25, 0.3) is 0 Å². The minimum absolute atomic E-state index is 0.404. The molecule has 2 rings (SSSR count). The van der Waals surface area contributed by atoms with Crippen LogP contribution in [-0.4, -0.2) is 16.0 Å². The molecule has 3 N–H and O–H groups in total. The molecule has 0 spiro atoms. The van der Waals surface area contributed by atoms with Crippen LogP contribution in [0.2, 0.25) is 0 Å². The van der Waals surface area contributed by atoms with Gasteiger partial charge >= 0.3 is 0 Å². The maximum Gasteiger partial charge on any atom is 0.136 e. The lowest BCUT2D eigenvalue weighted by Crippen LogP contribution is -2.29. The molecule has 18 heavy (non-hydrogen) atoms. The van der Waals surface area contributed by atoms with Gasteiger partial charge in [-0.15, -0.1) is 0 Å². The molecule has 4 heteroatoms. The lowest BCUT2D eigenvalue weighted by Gasteiger charge is -2.29.